The lowest BCUT2D eigenvalue weighted by molar-refractivity contribution is 0.257. The fourth-order valence-corrected chi connectivity index (χ4v) is 2.45. The largest absolute Gasteiger partial charge is 0.312 e. The molecule has 0 radical (unpaired) electrons. The Morgan fingerprint density at radius 3 is 2.57 bits per heavy atom. The molecule has 0 spiro atoms. The average Bonchev–Trinajstić information content (AvgIpc) is 2.50. The third-order valence-corrected chi connectivity index (χ3v) is 3.87. The van der Waals surface area contributed by atoms with Crippen molar-refractivity contribution in [3.63, 3.8) is 0 Å². The molecule has 14 heavy (non-hydrogen) atoms. The Morgan fingerprint density at radius 1 is 1.29 bits per heavy atom. The summed E-state index contributed by atoms with van der Waals surface area (Å²) in [4.78, 5) is 2.58. The second-order valence-electron chi connectivity index (χ2n) is 5.28. The molecule has 2 nitrogen and oxygen atoms in total. The van der Waals surface area contributed by atoms with Crippen LogP contribution in [0.5, 0.6) is 0 Å². The maximum Gasteiger partial charge on any atom is 0.0207 e. The van der Waals surface area contributed by atoms with Gasteiger partial charge in [-0.2, -0.15) is 0 Å². The fourth-order valence-electron chi connectivity index (χ4n) is 2.45. The Hall–Kier alpha value is -0.0800. The molecule has 0 aromatic rings. The molecule has 1 unspecified atom stereocenters. The predicted molar refractivity (Wildman–Crippen MR) is 60.5 cm³/mol. The first-order valence-electron chi connectivity index (χ1n) is 6.23. The molecule has 0 amide bonds. The molecule has 0 bridgehead atoms. The van der Waals surface area contributed by atoms with Gasteiger partial charge in [0, 0.05) is 18.6 Å². The van der Waals surface area contributed by atoms with Crippen molar-refractivity contribution in [2.75, 3.05) is 19.6 Å². The molecule has 0 aromatic carbocycles. The van der Waals surface area contributed by atoms with Gasteiger partial charge in [0.15, 0.2) is 0 Å². The first-order chi connectivity index (χ1) is 6.75. The van der Waals surface area contributed by atoms with Crippen LogP contribution in [0.2, 0.25) is 0 Å². The van der Waals surface area contributed by atoms with Crippen LogP contribution in [0.3, 0.4) is 0 Å². The summed E-state index contributed by atoms with van der Waals surface area (Å²) in [5.41, 5.74) is 0. The Balaban J connectivity index is 1.62. The van der Waals surface area contributed by atoms with Crippen molar-refractivity contribution in [1.82, 2.24) is 10.2 Å². The van der Waals surface area contributed by atoms with Crippen molar-refractivity contribution in [1.29, 1.82) is 0 Å². The van der Waals surface area contributed by atoms with Gasteiger partial charge < -0.3 is 5.32 Å². The molecule has 82 valence electrons. The number of nitrogens with zero attached hydrogens (tertiary/aromatic N) is 1. The summed E-state index contributed by atoms with van der Waals surface area (Å²) in [5, 5.41) is 3.73. The summed E-state index contributed by atoms with van der Waals surface area (Å²) >= 11 is 0. The smallest absolute Gasteiger partial charge is 0.0207 e. The van der Waals surface area contributed by atoms with Gasteiger partial charge in [-0.3, -0.25) is 4.90 Å². The highest BCUT2D eigenvalue weighted by molar-refractivity contribution is 4.84. The zero-order valence-corrected chi connectivity index (χ0v) is 9.63. The summed E-state index contributed by atoms with van der Waals surface area (Å²) in [6.45, 7) is 8.43. The normalized spacial score (nSPS) is 29.8. The second-order valence-corrected chi connectivity index (χ2v) is 5.28. The van der Waals surface area contributed by atoms with Gasteiger partial charge in [0.2, 0.25) is 0 Å². The van der Waals surface area contributed by atoms with E-state index >= 15 is 0 Å². The molecule has 2 rings (SSSR count). The molecule has 2 fully saturated rings. The van der Waals surface area contributed by atoms with Crippen LogP contribution < -0.4 is 5.32 Å². The highest BCUT2D eigenvalue weighted by Crippen LogP contribution is 2.25. The summed E-state index contributed by atoms with van der Waals surface area (Å²) in [5.74, 6) is 1.00. The minimum Gasteiger partial charge on any atom is -0.312 e. The lowest BCUT2D eigenvalue weighted by Crippen LogP contribution is -2.38. The van der Waals surface area contributed by atoms with E-state index in [4.69, 9.17) is 0 Å². The molecule has 2 aliphatic rings. The van der Waals surface area contributed by atoms with E-state index in [9.17, 15) is 0 Å². The molecular formula is C12H24N2. The topological polar surface area (TPSA) is 15.3 Å². The zero-order chi connectivity index (χ0) is 9.97. The molecule has 1 atom stereocenters. The van der Waals surface area contributed by atoms with E-state index in [0.29, 0.717) is 0 Å². The van der Waals surface area contributed by atoms with Crippen molar-refractivity contribution >= 4 is 0 Å². The number of rotatable bonds is 4. The number of nitrogens with one attached hydrogen (secondary N) is 1. The van der Waals surface area contributed by atoms with Crippen molar-refractivity contribution in [3.8, 4) is 0 Å². The van der Waals surface area contributed by atoms with Crippen molar-refractivity contribution in [2.45, 2.75) is 51.6 Å². The third kappa shape index (κ3) is 2.48. The Kier molecular flexibility index (Phi) is 3.45. The van der Waals surface area contributed by atoms with Gasteiger partial charge in [-0.1, -0.05) is 6.42 Å². The summed E-state index contributed by atoms with van der Waals surface area (Å²) in [6, 6.07) is 1.50. The maximum absolute atomic E-state index is 3.73. The van der Waals surface area contributed by atoms with E-state index < -0.39 is 0 Å². The molecule has 1 heterocycles. The van der Waals surface area contributed by atoms with Crippen LogP contribution in [-0.2, 0) is 0 Å². The zero-order valence-electron chi connectivity index (χ0n) is 9.63. The fraction of sp³-hybridized carbons (Fsp3) is 1.00. The Morgan fingerprint density at radius 2 is 2.07 bits per heavy atom. The molecular weight excluding hydrogens is 172 g/mol. The van der Waals surface area contributed by atoms with Crippen LogP contribution in [0.1, 0.15) is 39.5 Å². The second kappa shape index (κ2) is 4.63. The van der Waals surface area contributed by atoms with Gasteiger partial charge in [-0.15, -0.1) is 0 Å². The van der Waals surface area contributed by atoms with Crippen LogP contribution >= 0.6 is 0 Å². The van der Waals surface area contributed by atoms with E-state index in [1.807, 2.05) is 0 Å². The highest BCUT2D eigenvalue weighted by Gasteiger charge is 2.25. The maximum atomic E-state index is 3.73. The van der Waals surface area contributed by atoms with E-state index in [0.717, 1.165) is 18.0 Å². The highest BCUT2D eigenvalue weighted by atomic mass is 15.2. The lowest BCUT2D eigenvalue weighted by Gasteiger charge is -2.27. The Labute approximate surface area is 88.1 Å². The van der Waals surface area contributed by atoms with E-state index in [2.05, 4.69) is 24.1 Å². The summed E-state index contributed by atoms with van der Waals surface area (Å²) in [7, 11) is 0. The van der Waals surface area contributed by atoms with Gasteiger partial charge >= 0.3 is 0 Å². The minimum absolute atomic E-state index is 0.727. The molecule has 0 aromatic heterocycles. The molecule has 1 N–H and O–H groups in total. The minimum atomic E-state index is 0.727. The first kappa shape index (κ1) is 10.4. The third-order valence-electron chi connectivity index (χ3n) is 3.87. The SMILES string of the molecule is CC(C)N1CCC(NCC2CCC2)C1. The van der Waals surface area contributed by atoms with E-state index in [1.165, 1.54) is 45.3 Å². The Bertz CT molecular complexity index is 175. The van der Waals surface area contributed by atoms with Crippen molar-refractivity contribution < 1.29 is 0 Å². The average molecular weight is 196 g/mol. The molecule has 1 aliphatic carbocycles. The van der Waals surface area contributed by atoms with Crippen LogP contribution in [0.15, 0.2) is 0 Å². The van der Waals surface area contributed by atoms with E-state index in [1.54, 1.807) is 0 Å². The number of hydrogen-bond donors (Lipinski definition) is 1. The summed E-state index contributed by atoms with van der Waals surface area (Å²) in [6.07, 6.45) is 5.75. The first-order valence-corrected chi connectivity index (χ1v) is 6.23. The molecule has 1 saturated carbocycles. The predicted octanol–water partition coefficient (Wildman–Crippen LogP) is 1.86. The standard InChI is InChI=1S/C12H24N2/c1-10(2)14-7-6-12(9-14)13-8-11-4-3-5-11/h10-13H,3-9H2,1-2H3. The lowest BCUT2D eigenvalue weighted by atomic mass is 9.85. The number of likely N-dealkylation sites (tertiary alicyclic amines) is 1. The summed E-state index contributed by atoms with van der Waals surface area (Å²) < 4.78 is 0. The van der Waals surface area contributed by atoms with Gasteiger partial charge in [0.1, 0.15) is 0 Å². The van der Waals surface area contributed by atoms with Gasteiger partial charge in [0.25, 0.3) is 0 Å². The van der Waals surface area contributed by atoms with Crippen molar-refractivity contribution in [3.05, 3.63) is 0 Å². The monoisotopic (exact) mass is 196 g/mol. The quantitative estimate of drug-likeness (QED) is 0.738. The van der Waals surface area contributed by atoms with Crippen LogP contribution in [-0.4, -0.2) is 36.6 Å². The van der Waals surface area contributed by atoms with E-state index in [-0.39, 0.29) is 0 Å². The molecule has 2 heteroatoms. The van der Waals surface area contributed by atoms with Crippen LogP contribution in [0, 0.1) is 5.92 Å². The van der Waals surface area contributed by atoms with Gasteiger partial charge in [-0.25, -0.2) is 0 Å². The molecule has 1 aliphatic heterocycles. The molecule has 1 saturated heterocycles. The van der Waals surface area contributed by atoms with Gasteiger partial charge in [0.05, 0.1) is 0 Å². The van der Waals surface area contributed by atoms with Crippen LogP contribution in [0.4, 0.5) is 0 Å². The van der Waals surface area contributed by atoms with Crippen LogP contribution in [0.25, 0.3) is 0 Å². The number of hydrogen-bond acceptors (Lipinski definition) is 2. The van der Waals surface area contributed by atoms with Crippen molar-refractivity contribution in [2.24, 2.45) is 5.92 Å². The van der Waals surface area contributed by atoms with Gasteiger partial charge in [-0.05, 0) is 52.1 Å².